The highest BCUT2D eigenvalue weighted by atomic mass is 19.1. The molecule has 5 nitrogen and oxygen atoms in total. The zero-order valence-electron chi connectivity index (χ0n) is 13.7. The van der Waals surface area contributed by atoms with Gasteiger partial charge < -0.3 is 4.90 Å². The molecule has 1 aromatic carbocycles. The molecule has 126 valence electrons. The minimum Gasteiger partial charge on any atom is -0.317 e. The Morgan fingerprint density at radius 1 is 1.33 bits per heavy atom. The van der Waals surface area contributed by atoms with Crippen LogP contribution < -0.4 is 5.32 Å². The third kappa shape index (κ3) is 2.46. The Bertz CT molecular complexity index is 768. The smallest absolute Gasteiger partial charge is 0.317 e. The highest BCUT2D eigenvalue weighted by Crippen LogP contribution is 2.34. The molecule has 0 saturated heterocycles. The SMILES string of the molecule is CC1c2c(F)cccc2CCN1C(=O)Nc1ccnn1C1CCC1. The summed E-state index contributed by atoms with van der Waals surface area (Å²) in [6, 6.07) is 6.85. The lowest BCUT2D eigenvalue weighted by Crippen LogP contribution is -2.42. The van der Waals surface area contributed by atoms with Gasteiger partial charge in [-0.3, -0.25) is 5.32 Å². The number of halogens is 1. The molecule has 1 fully saturated rings. The summed E-state index contributed by atoms with van der Waals surface area (Å²) >= 11 is 0. The van der Waals surface area contributed by atoms with E-state index < -0.39 is 0 Å². The Morgan fingerprint density at radius 2 is 2.17 bits per heavy atom. The van der Waals surface area contributed by atoms with E-state index in [2.05, 4.69) is 10.4 Å². The first-order valence-electron chi connectivity index (χ1n) is 8.53. The third-order valence-electron chi connectivity index (χ3n) is 5.24. The van der Waals surface area contributed by atoms with Gasteiger partial charge in [-0.1, -0.05) is 12.1 Å². The van der Waals surface area contributed by atoms with Crippen LogP contribution in [0.5, 0.6) is 0 Å². The number of urea groups is 1. The van der Waals surface area contributed by atoms with E-state index >= 15 is 0 Å². The Labute approximate surface area is 140 Å². The summed E-state index contributed by atoms with van der Waals surface area (Å²) in [6.07, 6.45) is 5.79. The number of fused-ring (bicyclic) bond motifs is 1. The third-order valence-corrected chi connectivity index (χ3v) is 5.24. The maximum absolute atomic E-state index is 14.2. The number of nitrogens with zero attached hydrogens (tertiary/aromatic N) is 3. The minimum atomic E-state index is -0.282. The first-order valence-corrected chi connectivity index (χ1v) is 8.53. The van der Waals surface area contributed by atoms with Crippen molar-refractivity contribution in [3.05, 3.63) is 47.4 Å². The van der Waals surface area contributed by atoms with Crippen molar-refractivity contribution in [3.63, 3.8) is 0 Å². The van der Waals surface area contributed by atoms with Gasteiger partial charge in [0.1, 0.15) is 11.6 Å². The van der Waals surface area contributed by atoms with Crippen molar-refractivity contribution in [1.82, 2.24) is 14.7 Å². The second kappa shape index (κ2) is 5.92. The Kier molecular flexibility index (Phi) is 3.75. The molecule has 24 heavy (non-hydrogen) atoms. The molecule has 6 heteroatoms. The van der Waals surface area contributed by atoms with E-state index in [9.17, 15) is 9.18 Å². The highest BCUT2D eigenvalue weighted by Gasteiger charge is 2.31. The summed E-state index contributed by atoms with van der Waals surface area (Å²) < 4.78 is 16.1. The number of anilines is 1. The van der Waals surface area contributed by atoms with Gasteiger partial charge in [-0.05, 0) is 44.2 Å². The second-order valence-corrected chi connectivity index (χ2v) is 6.61. The van der Waals surface area contributed by atoms with Crippen LogP contribution in [0.15, 0.2) is 30.5 Å². The summed E-state index contributed by atoms with van der Waals surface area (Å²) in [5.41, 5.74) is 1.62. The van der Waals surface area contributed by atoms with Crippen LogP contribution in [0.2, 0.25) is 0 Å². The number of hydrogen-bond acceptors (Lipinski definition) is 2. The molecule has 2 aromatic rings. The van der Waals surface area contributed by atoms with Crippen molar-refractivity contribution >= 4 is 11.8 Å². The quantitative estimate of drug-likeness (QED) is 0.909. The second-order valence-electron chi connectivity index (χ2n) is 6.61. The summed E-state index contributed by atoms with van der Waals surface area (Å²) in [4.78, 5) is 14.4. The fraction of sp³-hybridized carbons (Fsp3) is 0.444. The molecular formula is C18H21FN4O. The van der Waals surface area contributed by atoms with Crippen molar-refractivity contribution in [2.24, 2.45) is 0 Å². The summed E-state index contributed by atoms with van der Waals surface area (Å²) in [5.74, 6) is 0.480. The van der Waals surface area contributed by atoms with Crippen LogP contribution in [0.3, 0.4) is 0 Å². The van der Waals surface area contributed by atoms with Gasteiger partial charge in [0.15, 0.2) is 0 Å². The first-order chi connectivity index (χ1) is 11.6. The van der Waals surface area contributed by atoms with Gasteiger partial charge >= 0.3 is 6.03 Å². The summed E-state index contributed by atoms with van der Waals surface area (Å²) in [7, 11) is 0. The van der Waals surface area contributed by atoms with E-state index in [4.69, 9.17) is 0 Å². The molecule has 0 radical (unpaired) electrons. The van der Waals surface area contributed by atoms with Gasteiger partial charge in [-0.15, -0.1) is 0 Å². The number of aromatic nitrogens is 2. The van der Waals surface area contributed by atoms with Crippen molar-refractivity contribution < 1.29 is 9.18 Å². The number of carbonyl (C=O) groups excluding carboxylic acids is 1. The van der Waals surface area contributed by atoms with Crippen molar-refractivity contribution in [2.75, 3.05) is 11.9 Å². The molecule has 1 N–H and O–H groups in total. The average Bonchev–Trinajstić information content (AvgIpc) is 2.93. The van der Waals surface area contributed by atoms with Crippen LogP contribution >= 0.6 is 0 Å². The molecule has 0 spiro atoms. The first kappa shape index (κ1) is 15.2. The van der Waals surface area contributed by atoms with Crippen molar-refractivity contribution in [2.45, 2.75) is 44.7 Å². The van der Waals surface area contributed by atoms with Gasteiger partial charge in [0.2, 0.25) is 0 Å². The zero-order valence-corrected chi connectivity index (χ0v) is 13.7. The minimum absolute atomic E-state index is 0.197. The van der Waals surface area contributed by atoms with E-state index in [1.54, 1.807) is 17.2 Å². The Morgan fingerprint density at radius 3 is 2.92 bits per heavy atom. The van der Waals surface area contributed by atoms with E-state index in [1.165, 1.54) is 12.5 Å². The van der Waals surface area contributed by atoms with Crippen LogP contribution in [0.4, 0.5) is 15.0 Å². The molecule has 1 unspecified atom stereocenters. The average molecular weight is 328 g/mol. The van der Waals surface area contributed by atoms with Gasteiger partial charge in [0, 0.05) is 18.2 Å². The maximum Gasteiger partial charge on any atom is 0.323 e. The predicted molar refractivity (Wildman–Crippen MR) is 89.4 cm³/mol. The number of carbonyl (C=O) groups is 1. The van der Waals surface area contributed by atoms with E-state index in [0.29, 0.717) is 24.6 Å². The fourth-order valence-electron chi connectivity index (χ4n) is 3.65. The largest absolute Gasteiger partial charge is 0.323 e. The molecule has 2 heterocycles. The van der Waals surface area contributed by atoms with Crippen LogP contribution in [0.1, 0.15) is 49.4 Å². The molecule has 2 amide bonds. The number of rotatable bonds is 2. The molecule has 1 aliphatic carbocycles. The van der Waals surface area contributed by atoms with Gasteiger partial charge in [0.05, 0.1) is 18.3 Å². The van der Waals surface area contributed by atoms with E-state index in [1.807, 2.05) is 23.7 Å². The van der Waals surface area contributed by atoms with E-state index in [-0.39, 0.29) is 17.9 Å². The lowest BCUT2D eigenvalue weighted by atomic mass is 9.93. The number of amides is 2. The number of hydrogen-bond donors (Lipinski definition) is 1. The zero-order chi connectivity index (χ0) is 16.7. The normalized spacial score (nSPS) is 20.4. The van der Waals surface area contributed by atoms with Gasteiger partial charge in [-0.2, -0.15) is 5.10 Å². The fourth-order valence-corrected chi connectivity index (χ4v) is 3.65. The standard InChI is InChI=1S/C18H21FN4O/c1-12-17-13(4-2-7-15(17)19)9-11-22(12)18(24)21-16-8-10-20-23(16)14-5-3-6-14/h2,4,7-8,10,12,14H,3,5-6,9,11H2,1H3,(H,21,24). The molecular weight excluding hydrogens is 307 g/mol. The molecule has 1 saturated carbocycles. The lowest BCUT2D eigenvalue weighted by Gasteiger charge is -2.35. The van der Waals surface area contributed by atoms with Crippen molar-refractivity contribution in [1.29, 1.82) is 0 Å². The van der Waals surface area contributed by atoms with E-state index in [0.717, 1.165) is 24.2 Å². The lowest BCUT2D eigenvalue weighted by molar-refractivity contribution is 0.186. The van der Waals surface area contributed by atoms with Gasteiger partial charge in [0.25, 0.3) is 0 Å². The molecule has 0 bridgehead atoms. The van der Waals surface area contributed by atoms with Crippen LogP contribution in [0, 0.1) is 5.82 Å². The number of benzene rings is 1. The molecule has 1 aliphatic heterocycles. The molecule has 1 aromatic heterocycles. The Balaban J connectivity index is 1.53. The van der Waals surface area contributed by atoms with Crippen LogP contribution in [0.25, 0.3) is 0 Å². The number of nitrogens with one attached hydrogen (secondary N) is 1. The topological polar surface area (TPSA) is 50.2 Å². The summed E-state index contributed by atoms with van der Waals surface area (Å²) in [6.45, 7) is 2.46. The summed E-state index contributed by atoms with van der Waals surface area (Å²) in [5, 5.41) is 7.28. The molecule has 4 rings (SSSR count). The monoisotopic (exact) mass is 328 g/mol. The van der Waals surface area contributed by atoms with Crippen LogP contribution in [-0.4, -0.2) is 27.3 Å². The van der Waals surface area contributed by atoms with Crippen LogP contribution in [-0.2, 0) is 6.42 Å². The van der Waals surface area contributed by atoms with Crippen molar-refractivity contribution in [3.8, 4) is 0 Å². The maximum atomic E-state index is 14.2. The van der Waals surface area contributed by atoms with Gasteiger partial charge in [-0.25, -0.2) is 13.9 Å². The Hall–Kier alpha value is -2.37. The highest BCUT2D eigenvalue weighted by molar-refractivity contribution is 5.89. The molecule has 2 aliphatic rings. The molecule has 1 atom stereocenters. The predicted octanol–water partition coefficient (Wildman–Crippen LogP) is 3.90.